The van der Waals surface area contributed by atoms with Crippen LogP contribution in [0.15, 0.2) is 33.6 Å². The average molecular weight is 478 g/mol. The molecule has 0 saturated carbocycles. The van der Waals surface area contributed by atoms with E-state index >= 15 is 0 Å². The fourth-order valence-corrected chi connectivity index (χ4v) is 4.08. The number of halogens is 2. The maximum absolute atomic E-state index is 4.72. The summed E-state index contributed by atoms with van der Waals surface area (Å²) in [7, 11) is 1.91. The predicted octanol–water partition coefficient (Wildman–Crippen LogP) is 5.13. The van der Waals surface area contributed by atoms with Crippen molar-refractivity contribution in [3.05, 3.63) is 43.8 Å². The van der Waals surface area contributed by atoms with E-state index in [-0.39, 0.29) is 0 Å². The van der Waals surface area contributed by atoms with Crippen molar-refractivity contribution in [2.24, 2.45) is 0 Å². The van der Waals surface area contributed by atoms with E-state index in [0.717, 1.165) is 44.0 Å². The topological polar surface area (TPSA) is 37.8 Å². The van der Waals surface area contributed by atoms with Crippen LogP contribution in [0, 0.1) is 3.57 Å². The summed E-state index contributed by atoms with van der Waals surface area (Å²) >= 11 is 7.65. The Morgan fingerprint density at radius 2 is 2.05 bits per heavy atom. The van der Waals surface area contributed by atoms with Crippen LogP contribution in [-0.2, 0) is 12.2 Å². The van der Waals surface area contributed by atoms with Crippen molar-refractivity contribution >= 4 is 56.1 Å². The van der Waals surface area contributed by atoms with Crippen LogP contribution >= 0.6 is 50.3 Å². The first-order valence-corrected chi connectivity index (χ1v) is 9.61. The van der Waals surface area contributed by atoms with Crippen molar-refractivity contribution in [3.8, 4) is 0 Å². The number of aromatic nitrogens is 2. The average Bonchev–Trinajstić information content (AvgIpc) is 2.49. The molecule has 112 valence electrons. The molecule has 0 aliphatic rings. The van der Waals surface area contributed by atoms with Gasteiger partial charge in [0.1, 0.15) is 11.6 Å². The zero-order chi connectivity index (χ0) is 15.2. The first kappa shape index (κ1) is 17.0. The molecule has 6 heteroatoms. The van der Waals surface area contributed by atoms with Crippen molar-refractivity contribution in [3.63, 3.8) is 0 Å². The molecule has 0 aliphatic carbocycles. The van der Waals surface area contributed by atoms with Gasteiger partial charge in [-0.1, -0.05) is 25.5 Å². The Morgan fingerprint density at radius 3 is 2.71 bits per heavy atom. The van der Waals surface area contributed by atoms with Crippen molar-refractivity contribution in [1.29, 1.82) is 0 Å². The molecule has 0 spiro atoms. The van der Waals surface area contributed by atoms with E-state index in [1.165, 1.54) is 4.90 Å². The summed E-state index contributed by atoms with van der Waals surface area (Å²) in [6.07, 6.45) is 2.08. The molecule has 1 heterocycles. The Labute approximate surface area is 152 Å². The van der Waals surface area contributed by atoms with Crippen LogP contribution in [0.1, 0.15) is 24.9 Å². The van der Waals surface area contributed by atoms with E-state index in [0.29, 0.717) is 0 Å². The quantitative estimate of drug-likeness (QED) is 0.462. The Morgan fingerprint density at radius 1 is 1.29 bits per heavy atom. The number of benzene rings is 1. The minimum absolute atomic E-state index is 0.769. The van der Waals surface area contributed by atoms with Crippen LogP contribution in [0.25, 0.3) is 0 Å². The summed E-state index contributed by atoms with van der Waals surface area (Å²) in [5, 5.41) is 3.17. The van der Waals surface area contributed by atoms with Crippen LogP contribution in [0.5, 0.6) is 0 Å². The monoisotopic (exact) mass is 477 g/mol. The summed E-state index contributed by atoms with van der Waals surface area (Å²) in [5.41, 5.74) is 1.14. The molecule has 0 fully saturated rings. The van der Waals surface area contributed by atoms with Crippen LogP contribution in [0.2, 0.25) is 0 Å². The normalized spacial score (nSPS) is 10.7. The number of nitrogens with one attached hydrogen (secondary N) is 1. The third-order valence-corrected chi connectivity index (χ3v) is 6.04. The SMILES string of the molecule is CCCc1nc(CSc2ccccc2Br)nc(NC)c1I. The lowest BCUT2D eigenvalue weighted by Gasteiger charge is -2.11. The van der Waals surface area contributed by atoms with E-state index in [4.69, 9.17) is 4.98 Å². The third kappa shape index (κ3) is 4.56. The lowest BCUT2D eigenvalue weighted by molar-refractivity contribution is 0.846. The minimum atomic E-state index is 0.769. The second-order valence-electron chi connectivity index (χ2n) is 4.47. The Hall–Kier alpha value is -0.340. The molecule has 0 atom stereocenters. The van der Waals surface area contributed by atoms with Crippen molar-refractivity contribution < 1.29 is 0 Å². The number of nitrogens with zero attached hydrogens (tertiary/aromatic N) is 2. The fraction of sp³-hybridized carbons (Fsp3) is 0.333. The number of hydrogen-bond acceptors (Lipinski definition) is 4. The molecule has 21 heavy (non-hydrogen) atoms. The molecule has 1 aromatic carbocycles. The summed E-state index contributed by atoms with van der Waals surface area (Å²) in [5.74, 6) is 2.58. The predicted molar refractivity (Wildman–Crippen MR) is 102 cm³/mol. The molecule has 0 radical (unpaired) electrons. The molecule has 0 saturated heterocycles. The maximum atomic E-state index is 4.72. The van der Waals surface area contributed by atoms with Gasteiger partial charge in [-0.25, -0.2) is 9.97 Å². The molecule has 1 N–H and O–H groups in total. The van der Waals surface area contributed by atoms with Gasteiger partial charge in [0.25, 0.3) is 0 Å². The Bertz CT molecular complexity index is 622. The van der Waals surface area contributed by atoms with Gasteiger partial charge in [0.2, 0.25) is 0 Å². The molecule has 0 amide bonds. The highest BCUT2D eigenvalue weighted by Crippen LogP contribution is 2.30. The van der Waals surface area contributed by atoms with E-state index in [9.17, 15) is 0 Å². The van der Waals surface area contributed by atoms with Gasteiger partial charge in [-0.2, -0.15) is 0 Å². The van der Waals surface area contributed by atoms with Crippen molar-refractivity contribution in [1.82, 2.24) is 9.97 Å². The highest BCUT2D eigenvalue weighted by atomic mass is 127. The first-order chi connectivity index (χ1) is 10.2. The lowest BCUT2D eigenvalue weighted by atomic mass is 10.2. The summed E-state index contributed by atoms with van der Waals surface area (Å²) in [4.78, 5) is 10.5. The second-order valence-corrected chi connectivity index (χ2v) is 7.42. The van der Waals surface area contributed by atoms with Crippen LogP contribution in [-0.4, -0.2) is 17.0 Å². The van der Waals surface area contributed by atoms with Gasteiger partial charge in [-0.3, -0.25) is 0 Å². The Kier molecular flexibility index (Phi) is 6.75. The largest absolute Gasteiger partial charge is 0.372 e. The lowest BCUT2D eigenvalue weighted by Crippen LogP contribution is -2.07. The van der Waals surface area contributed by atoms with Crippen LogP contribution in [0.4, 0.5) is 5.82 Å². The number of thioether (sulfide) groups is 1. The van der Waals surface area contributed by atoms with Gasteiger partial charge in [-0.15, -0.1) is 11.8 Å². The highest BCUT2D eigenvalue weighted by molar-refractivity contribution is 14.1. The van der Waals surface area contributed by atoms with Gasteiger partial charge in [0, 0.05) is 16.4 Å². The van der Waals surface area contributed by atoms with Crippen molar-refractivity contribution in [2.75, 3.05) is 12.4 Å². The first-order valence-electron chi connectivity index (χ1n) is 6.76. The smallest absolute Gasteiger partial charge is 0.143 e. The van der Waals surface area contributed by atoms with Gasteiger partial charge in [0.05, 0.1) is 15.0 Å². The zero-order valence-corrected chi connectivity index (χ0v) is 16.5. The number of aryl methyl sites for hydroxylation is 1. The maximum Gasteiger partial charge on any atom is 0.143 e. The molecule has 2 rings (SSSR count). The molecule has 3 nitrogen and oxygen atoms in total. The van der Waals surface area contributed by atoms with E-state index < -0.39 is 0 Å². The highest BCUT2D eigenvalue weighted by Gasteiger charge is 2.11. The molecule has 0 unspecified atom stereocenters. The molecule has 2 aromatic rings. The summed E-state index contributed by atoms with van der Waals surface area (Å²) in [6, 6.07) is 8.23. The molecule has 0 aliphatic heterocycles. The van der Waals surface area contributed by atoms with Gasteiger partial charge in [-0.05, 0) is 57.1 Å². The second kappa shape index (κ2) is 8.33. The zero-order valence-electron chi connectivity index (χ0n) is 12.0. The number of rotatable bonds is 6. The molecular formula is C15H17BrIN3S. The minimum Gasteiger partial charge on any atom is -0.372 e. The number of hydrogen-bond donors (Lipinski definition) is 1. The Balaban J connectivity index is 2.20. The van der Waals surface area contributed by atoms with E-state index in [1.807, 2.05) is 19.2 Å². The van der Waals surface area contributed by atoms with Gasteiger partial charge < -0.3 is 5.32 Å². The van der Waals surface area contributed by atoms with E-state index in [2.05, 4.69) is 67.9 Å². The van der Waals surface area contributed by atoms with Gasteiger partial charge in [0.15, 0.2) is 0 Å². The van der Waals surface area contributed by atoms with Crippen LogP contribution < -0.4 is 5.32 Å². The number of anilines is 1. The van der Waals surface area contributed by atoms with Crippen LogP contribution in [0.3, 0.4) is 0 Å². The van der Waals surface area contributed by atoms with E-state index in [1.54, 1.807) is 11.8 Å². The molecular weight excluding hydrogens is 461 g/mol. The standard InChI is InChI=1S/C15H17BrIN3S/c1-3-6-11-14(17)15(18-2)20-13(19-11)9-21-12-8-5-4-7-10(12)16/h4-5,7-8H,3,6,9H2,1-2H3,(H,18,19,20). The fourth-order valence-electron chi connectivity index (χ4n) is 1.88. The van der Waals surface area contributed by atoms with Crippen molar-refractivity contribution in [2.45, 2.75) is 30.4 Å². The summed E-state index contributed by atoms with van der Waals surface area (Å²) in [6.45, 7) is 2.17. The molecule has 1 aromatic heterocycles. The third-order valence-electron chi connectivity index (χ3n) is 2.88. The van der Waals surface area contributed by atoms with Gasteiger partial charge >= 0.3 is 0 Å². The summed E-state index contributed by atoms with van der Waals surface area (Å²) < 4.78 is 2.25. The molecule has 0 bridgehead atoms.